The number of amides is 2. The number of urea groups is 1. The molecule has 1 atom stereocenters. The van der Waals surface area contributed by atoms with E-state index in [4.69, 9.17) is 0 Å². The second-order valence-corrected chi connectivity index (χ2v) is 6.84. The van der Waals surface area contributed by atoms with Crippen LogP contribution < -0.4 is 15.2 Å². The molecule has 0 spiro atoms. The average molecular weight is 360 g/mol. The first-order valence-electron chi connectivity index (χ1n) is 9.21. The molecule has 1 aromatic heterocycles. The van der Waals surface area contributed by atoms with E-state index in [1.54, 1.807) is 22.5 Å². The molecule has 3 aliphatic rings. The van der Waals surface area contributed by atoms with Crippen LogP contribution in [0.4, 0.5) is 21.9 Å². The molecule has 7 nitrogen and oxygen atoms in total. The van der Waals surface area contributed by atoms with E-state index in [2.05, 4.69) is 20.3 Å². The van der Waals surface area contributed by atoms with Gasteiger partial charge in [-0.2, -0.15) is 15.2 Å². The van der Waals surface area contributed by atoms with Crippen LogP contribution in [0.5, 0.6) is 0 Å². The van der Waals surface area contributed by atoms with Gasteiger partial charge in [-0.25, -0.2) is 4.79 Å². The molecular weight excluding hydrogens is 340 g/mol. The normalized spacial score (nSPS) is 20.0. The lowest BCUT2D eigenvalue weighted by atomic mass is 10.1. The fourth-order valence-electron chi connectivity index (χ4n) is 3.88. The number of pyridine rings is 1. The van der Waals surface area contributed by atoms with Crippen molar-refractivity contribution in [3.63, 3.8) is 0 Å². The predicted octanol–water partition coefficient (Wildman–Crippen LogP) is 3.55. The third-order valence-corrected chi connectivity index (χ3v) is 5.14. The highest BCUT2D eigenvalue weighted by Crippen LogP contribution is 2.42. The number of carbonyl (C=O) groups is 1. The molecule has 27 heavy (non-hydrogen) atoms. The monoisotopic (exact) mass is 360 g/mol. The maximum Gasteiger partial charge on any atom is 0.346 e. The van der Waals surface area contributed by atoms with Gasteiger partial charge in [-0.05, 0) is 31.1 Å². The zero-order valence-electron chi connectivity index (χ0n) is 14.8. The molecule has 5 rings (SSSR count). The molecule has 1 fully saturated rings. The number of rotatable bonds is 2. The van der Waals surface area contributed by atoms with Gasteiger partial charge in [-0.3, -0.25) is 4.98 Å². The first-order chi connectivity index (χ1) is 13.3. The molecule has 1 aromatic carbocycles. The minimum Gasteiger partial charge on any atom is -0.370 e. The van der Waals surface area contributed by atoms with Crippen molar-refractivity contribution in [2.24, 2.45) is 5.10 Å². The van der Waals surface area contributed by atoms with Crippen molar-refractivity contribution in [2.75, 3.05) is 28.3 Å². The predicted molar refractivity (Wildman–Crippen MR) is 106 cm³/mol. The van der Waals surface area contributed by atoms with Gasteiger partial charge in [0.05, 0.1) is 29.5 Å². The number of benzene rings is 1. The van der Waals surface area contributed by atoms with Crippen molar-refractivity contribution < 1.29 is 4.79 Å². The molecule has 136 valence electrons. The van der Waals surface area contributed by atoms with Gasteiger partial charge in [-0.15, -0.1) is 0 Å². The topological polar surface area (TPSA) is 64.1 Å². The first-order valence-corrected chi connectivity index (χ1v) is 9.21. The maximum absolute atomic E-state index is 13.1. The van der Waals surface area contributed by atoms with E-state index in [0.29, 0.717) is 5.69 Å². The van der Waals surface area contributed by atoms with E-state index in [0.717, 1.165) is 30.0 Å². The Balaban J connectivity index is 1.42. The summed E-state index contributed by atoms with van der Waals surface area (Å²) in [5, 5.41) is 10.7. The second-order valence-electron chi connectivity index (χ2n) is 6.84. The maximum atomic E-state index is 13.1. The smallest absolute Gasteiger partial charge is 0.346 e. The molecule has 1 N–H and O–H groups in total. The van der Waals surface area contributed by atoms with E-state index in [-0.39, 0.29) is 12.1 Å². The second kappa shape index (κ2) is 6.42. The first kappa shape index (κ1) is 15.9. The van der Waals surface area contributed by atoms with Crippen LogP contribution in [0.15, 0.2) is 60.0 Å². The number of aromatic nitrogens is 1. The van der Waals surface area contributed by atoms with Gasteiger partial charge < -0.3 is 10.2 Å². The van der Waals surface area contributed by atoms with Gasteiger partial charge in [-0.1, -0.05) is 24.3 Å². The lowest BCUT2D eigenvalue weighted by Crippen LogP contribution is -2.43. The molecule has 7 heteroatoms. The fourth-order valence-corrected chi connectivity index (χ4v) is 3.88. The Morgan fingerprint density at radius 1 is 1.15 bits per heavy atom. The number of carbonyl (C=O) groups excluding carboxylic acids is 1. The molecule has 0 radical (unpaired) electrons. The largest absolute Gasteiger partial charge is 0.370 e. The molecule has 1 saturated heterocycles. The van der Waals surface area contributed by atoms with Crippen LogP contribution >= 0.6 is 0 Å². The van der Waals surface area contributed by atoms with Gasteiger partial charge in [0.15, 0.2) is 0 Å². The van der Waals surface area contributed by atoms with Crippen LogP contribution in [-0.4, -0.2) is 35.4 Å². The van der Waals surface area contributed by atoms with Gasteiger partial charge >= 0.3 is 6.03 Å². The third-order valence-electron chi connectivity index (χ3n) is 5.14. The molecule has 2 aromatic rings. The quantitative estimate of drug-likeness (QED) is 0.890. The number of nitrogens with zero attached hydrogens (tertiary/aromatic N) is 5. The van der Waals surface area contributed by atoms with Crippen LogP contribution in [0.2, 0.25) is 0 Å². The Labute approximate surface area is 157 Å². The summed E-state index contributed by atoms with van der Waals surface area (Å²) in [5.74, 6) is 0. The number of hydrogen-bond acceptors (Lipinski definition) is 5. The van der Waals surface area contributed by atoms with E-state index < -0.39 is 0 Å². The lowest BCUT2D eigenvalue weighted by Gasteiger charge is -2.29. The molecule has 4 heterocycles. The summed E-state index contributed by atoms with van der Waals surface area (Å²) in [5.41, 5.74) is 3.63. The number of anilines is 3. The van der Waals surface area contributed by atoms with Crippen molar-refractivity contribution >= 4 is 29.3 Å². The number of hydrazine groups is 1. The summed E-state index contributed by atoms with van der Waals surface area (Å²) in [7, 11) is 0. The van der Waals surface area contributed by atoms with Crippen LogP contribution in [0, 0.1) is 0 Å². The highest BCUT2D eigenvalue weighted by molar-refractivity contribution is 6.03. The summed E-state index contributed by atoms with van der Waals surface area (Å²) >= 11 is 0. The highest BCUT2D eigenvalue weighted by atomic mass is 16.2. The van der Waals surface area contributed by atoms with Crippen molar-refractivity contribution in [3.8, 4) is 0 Å². The van der Waals surface area contributed by atoms with Crippen LogP contribution in [0.1, 0.15) is 24.4 Å². The Hall–Kier alpha value is -3.35. The highest BCUT2D eigenvalue weighted by Gasteiger charge is 2.39. The zero-order chi connectivity index (χ0) is 18.2. The third kappa shape index (κ3) is 2.71. The summed E-state index contributed by atoms with van der Waals surface area (Å²) in [6.45, 7) is 2.07. The number of fused-ring (bicyclic) bond motifs is 3. The molecule has 3 aliphatic heterocycles. The average Bonchev–Trinajstić information content (AvgIpc) is 3.35. The Kier molecular flexibility index (Phi) is 3.78. The molecule has 2 amide bonds. The summed E-state index contributed by atoms with van der Waals surface area (Å²) in [6.07, 6.45) is 11.6. The minimum atomic E-state index is -0.252. The Morgan fingerprint density at radius 3 is 2.89 bits per heavy atom. The van der Waals surface area contributed by atoms with Gasteiger partial charge in [0, 0.05) is 24.9 Å². The van der Waals surface area contributed by atoms with Crippen LogP contribution in [0.3, 0.4) is 0 Å². The van der Waals surface area contributed by atoms with Crippen molar-refractivity contribution in [2.45, 2.75) is 18.9 Å². The number of para-hydroxylation sites is 1. The minimum absolute atomic E-state index is 0.0639. The molecule has 0 bridgehead atoms. The molecular formula is C20H20N6O. The number of nitrogens with one attached hydrogen (secondary N) is 1. The fraction of sp³-hybridized carbons (Fsp3) is 0.250. The zero-order valence-corrected chi connectivity index (χ0v) is 14.8. The van der Waals surface area contributed by atoms with Crippen LogP contribution in [-0.2, 0) is 0 Å². The lowest BCUT2D eigenvalue weighted by molar-refractivity contribution is 0.216. The van der Waals surface area contributed by atoms with E-state index in [9.17, 15) is 4.79 Å². The van der Waals surface area contributed by atoms with E-state index in [1.165, 1.54) is 12.8 Å². The van der Waals surface area contributed by atoms with Gasteiger partial charge in [0.2, 0.25) is 0 Å². The van der Waals surface area contributed by atoms with Crippen LogP contribution in [0.25, 0.3) is 0 Å². The molecule has 1 unspecified atom stereocenters. The van der Waals surface area contributed by atoms with E-state index >= 15 is 0 Å². The van der Waals surface area contributed by atoms with Crippen molar-refractivity contribution in [1.82, 2.24) is 10.1 Å². The molecule has 0 aliphatic carbocycles. The number of hydrazone groups is 1. The number of allylic oxidation sites excluding steroid dienone is 1. The summed E-state index contributed by atoms with van der Waals surface area (Å²) in [4.78, 5) is 19.7. The number of hydrogen-bond donors (Lipinski definition) is 1. The summed E-state index contributed by atoms with van der Waals surface area (Å²) < 4.78 is 0. The van der Waals surface area contributed by atoms with Gasteiger partial charge in [0.25, 0.3) is 0 Å². The molecule has 0 saturated carbocycles. The summed E-state index contributed by atoms with van der Waals surface area (Å²) in [6, 6.07) is 9.55. The Morgan fingerprint density at radius 2 is 2.00 bits per heavy atom. The Bertz CT molecular complexity index is 934. The standard InChI is InChI=1S/C20H20N6O/c27-20(23-15-12-16(14-21-13-15)24-10-3-4-11-24)25-18-7-2-1-6-17(18)19-8-5-9-22-26(19)25/h1-2,5-9,12-14,19H,3-4,10-11H2,(H,23,27). The van der Waals surface area contributed by atoms with Gasteiger partial charge in [0.1, 0.15) is 6.04 Å². The van der Waals surface area contributed by atoms with Crippen molar-refractivity contribution in [3.05, 3.63) is 60.4 Å². The van der Waals surface area contributed by atoms with E-state index in [1.807, 2.05) is 48.7 Å². The van der Waals surface area contributed by atoms with Crippen molar-refractivity contribution in [1.29, 1.82) is 0 Å². The SMILES string of the molecule is O=C(Nc1cncc(N2CCCC2)c1)N1c2ccccc2C2C=CC=NN21.